The average Bonchev–Trinajstić information content (AvgIpc) is 2.83. The molecule has 2 aromatic rings. The van der Waals surface area contributed by atoms with E-state index in [-0.39, 0.29) is 26.2 Å². The molecule has 1 aromatic heterocycles. The second kappa shape index (κ2) is 8.20. The van der Waals surface area contributed by atoms with Gasteiger partial charge in [-0.2, -0.15) is 0 Å². The third-order valence-corrected chi connectivity index (χ3v) is 5.84. The normalized spacial score (nSPS) is 10.9. The van der Waals surface area contributed by atoms with Gasteiger partial charge in [0.25, 0.3) is 0 Å². The maximum absolute atomic E-state index is 12.2. The molecule has 5 heteroatoms. The van der Waals surface area contributed by atoms with Crippen LogP contribution < -0.4 is 10.9 Å². The van der Waals surface area contributed by atoms with Crippen LogP contribution in [0.3, 0.4) is 0 Å². The summed E-state index contributed by atoms with van der Waals surface area (Å²) in [6, 6.07) is 7.92. The maximum atomic E-state index is 12.2. The number of rotatable bonds is 8. The van der Waals surface area contributed by atoms with Crippen LogP contribution in [0.25, 0.3) is 9.65 Å². The molecule has 4 nitrogen and oxygen atoms in total. The van der Waals surface area contributed by atoms with Gasteiger partial charge in [0.1, 0.15) is 0 Å². The number of fused-ring (bicyclic) bond motifs is 1. The van der Waals surface area contributed by atoms with Gasteiger partial charge in [0.05, 0.1) is 0 Å². The fourth-order valence-corrected chi connectivity index (χ4v) is 4.42. The van der Waals surface area contributed by atoms with Crippen molar-refractivity contribution < 1.29 is 4.79 Å². The van der Waals surface area contributed by atoms with E-state index >= 15 is 0 Å². The molecule has 0 radical (unpaired) electrons. The number of aryl methyl sites for hydroxylation is 1. The van der Waals surface area contributed by atoms with Crippen molar-refractivity contribution >= 4 is 30.3 Å². The van der Waals surface area contributed by atoms with Crippen LogP contribution in [-0.2, 0) is 11.3 Å². The van der Waals surface area contributed by atoms with Gasteiger partial charge < -0.3 is 0 Å². The summed E-state index contributed by atoms with van der Waals surface area (Å²) in [4.78, 5) is 23.2. The van der Waals surface area contributed by atoms with Gasteiger partial charge >= 0.3 is 131 Å². The van der Waals surface area contributed by atoms with Crippen LogP contribution in [0, 0.1) is 0 Å². The minimum atomic E-state index is 0.123. The number of amides is 1. The second-order valence-corrected chi connectivity index (χ2v) is 7.34. The summed E-state index contributed by atoms with van der Waals surface area (Å²) in [5, 5.41) is 3.77. The first-order valence-corrected chi connectivity index (χ1v) is 9.20. The summed E-state index contributed by atoms with van der Waals surface area (Å²) in [5.74, 6) is 0.123. The molecule has 0 saturated carbocycles. The first-order valence-electron chi connectivity index (χ1n) is 7.58. The molecule has 1 heterocycles. The molecule has 0 atom stereocenters. The summed E-state index contributed by atoms with van der Waals surface area (Å²) < 4.78 is 3.20. The van der Waals surface area contributed by atoms with Gasteiger partial charge in [-0.15, -0.1) is 0 Å². The topological polar surface area (TPSA) is 51.1 Å². The summed E-state index contributed by atoms with van der Waals surface area (Å²) in [6.45, 7) is 3.49. The molecule has 0 aliphatic rings. The van der Waals surface area contributed by atoms with Gasteiger partial charge in [0, 0.05) is 0 Å². The molecule has 114 valence electrons. The fraction of sp³-hybridized carbons (Fsp3) is 0.500. The summed E-state index contributed by atoms with van der Waals surface area (Å²) in [5.41, 5.74) is 0.195. The molecule has 0 spiro atoms. The number of nitrogens with one attached hydrogen (secondary N) is 1. The van der Waals surface area contributed by atoms with Crippen LogP contribution in [0.15, 0.2) is 29.1 Å². The molecule has 0 saturated heterocycles. The molecule has 1 amide bonds. The summed E-state index contributed by atoms with van der Waals surface area (Å²) in [7, 11) is 0. The van der Waals surface area contributed by atoms with Crippen LogP contribution in [0.2, 0.25) is 0 Å². The van der Waals surface area contributed by atoms with E-state index in [1.165, 1.54) is 4.26 Å². The number of unbranched alkanes of at least 4 members (excludes halogenated alkanes) is 3. The number of hydrogen-bond acceptors (Lipinski definition) is 2. The minimum absolute atomic E-state index is 0.123. The Morgan fingerprint density at radius 2 is 1.95 bits per heavy atom. The third kappa shape index (κ3) is 4.58. The standard InChI is InChI=1S/C16H22N2O2Se/c1-2-15(19)17-11-7-3-4-8-12-18-16(20)13-9-5-6-10-14(13)21-18/h5-6,9-10H,2-4,7-8,11-12H2,1H3,(H,17,19). The van der Waals surface area contributed by atoms with Gasteiger partial charge in [0.15, 0.2) is 0 Å². The molecule has 1 aromatic carbocycles. The quantitative estimate of drug-likeness (QED) is 0.584. The molecule has 2 rings (SSSR count). The van der Waals surface area contributed by atoms with E-state index in [9.17, 15) is 9.59 Å². The first-order chi connectivity index (χ1) is 10.2. The van der Waals surface area contributed by atoms with E-state index in [0.29, 0.717) is 6.42 Å². The van der Waals surface area contributed by atoms with Gasteiger partial charge in [0.2, 0.25) is 0 Å². The van der Waals surface area contributed by atoms with E-state index in [4.69, 9.17) is 0 Å². The Labute approximate surface area is 131 Å². The average molecular weight is 353 g/mol. The summed E-state index contributed by atoms with van der Waals surface area (Å²) in [6.07, 6.45) is 4.83. The number of carbonyl (C=O) groups is 1. The van der Waals surface area contributed by atoms with E-state index < -0.39 is 0 Å². The molecule has 1 N–H and O–H groups in total. The van der Waals surface area contributed by atoms with Crippen LogP contribution in [0.4, 0.5) is 0 Å². The van der Waals surface area contributed by atoms with Crippen LogP contribution >= 0.6 is 0 Å². The molecule has 0 aliphatic carbocycles. The SMILES string of the molecule is CCC(=O)NCCCCCCn1[se]c2ccccc2c1=O. The Morgan fingerprint density at radius 3 is 2.71 bits per heavy atom. The van der Waals surface area contributed by atoms with Crippen molar-refractivity contribution in [2.24, 2.45) is 0 Å². The predicted octanol–water partition coefficient (Wildman–Crippen LogP) is 2.15. The molecule has 0 fully saturated rings. The number of carbonyl (C=O) groups excluding carboxylic acids is 1. The monoisotopic (exact) mass is 354 g/mol. The fourth-order valence-electron chi connectivity index (χ4n) is 2.25. The summed E-state index contributed by atoms with van der Waals surface area (Å²) >= 11 is 0.156. The zero-order chi connectivity index (χ0) is 15.1. The van der Waals surface area contributed by atoms with Crippen molar-refractivity contribution in [3.8, 4) is 0 Å². The van der Waals surface area contributed by atoms with Crippen molar-refractivity contribution in [3.05, 3.63) is 34.6 Å². The Morgan fingerprint density at radius 1 is 1.19 bits per heavy atom. The van der Waals surface area contributed by atoms with Crippen molar-refractivity contribution in [2.75, 3.05) is 6.54 Å². The molecule has 0 bridgehead atoms. The van der Waals surface area contributed by atoms with Crippen LogP contribution in [-0.4, -0.2) is 30.7 Å². The van der Waals surface area contributed by atoms with Crippen molar-refractivity contribution in [1.82, 2.24) is 8.88 Å². The molecule has 0 unspecified atom stereocenters. The molecule has 0 aliphatic heterocycles. The molecular weight excluding hydrogens is 331 g/mol. The first kappa shape index (κ1) is 16.1. The van der Waals surface area contributed by atoms with Gasteiger partial charge in [-0.05, 0) is 0 Å². The zero-order valence-electron chi connectivity index (χ0n) is 12.4. The Bertz CT molecular complexity index is 645. The van der Waals surface area contributed by atoms with Crippen molar-refractivity contribution in [3.63, 3.8) is 0 Å². The van der Waals surface area contributed by atoms with E-state index in [1.54, 1.807) is 0 Å². The Kier molecular flexibility index (Phi) is 6.27. The van der Waals surface area contributed by atoms with Gasteiger partial charge in [-0.1, -0.05) is 0 Å². The van der Waals surface area contributed by atoms with E-state index in [2.05, 4.69) is 11.4 Å². The Balaban J connectivity index is 1.70. The molecule has 21 heavy (non-hydrogen) atoms. The van der Waals surface area contributed by atoms with Gasteiger partial charge in [-0.25, -0.2) is 0 Å². The zero-order valence-corrected chi connectivity index (χ0v) is 14.1. The molecular formula is C16H22N2O2Se. The van der Waals surface area contributed by atoms with Crippen molar-refractivity contribution in [2.45, 2.75) is 45.6 Å². The number of hydrogen-bond donors (Lipinski definition) is 1. The van der Waals surface area contributed by atoms with E-state index in [1.807, 2.05) is 28.7 Å². The number of aromatic nitrogens is 1. The third-order valence-electron chi connectivity index (χ3n) is 3.48. The van der Waals surface area contributed by atoms with E-state index in [0.717, 1.165) is 44.2 Å². The van der Waals surface area contributed by atoms with Gasteiger partial charge in [-0.3, -0.25) is 0 Å². The Hall–Kier alpha value is -1.32. The van der Waals surface area contributed by atoms with Crippen molar-refractivity contribution in [1.29, 1.82) is 0 Å². The van der Waals surface area contributed by atoms with Crippen LogP contribution in [0.1, 0.15) is 39.0 Å². The predicted molar refractivity (Wildman–Crippen MR) is 86.9 cm³/mol. The second-order valence-electron chi connectivity index (χ2n) is 5.11. The number of nitrogens with zero attached hydrogens (tertiary/aromatic N) is 1. The van der Waals surface area contributed by atoms with Crippen LogP contribution in [0.5, 0.6) is 0 Å². The number of benzene rings is 1.